The lowest BCUT2D eigenvalue weighted by atomic mass is 10.2. The van der Waals surface area contributed by atoms with Gasteiger partial charge in [-0.3, -0.25) is 0 Å². The number of nitrogens with two attached hydrogens (primary N) is 1. The third-order valence-electron chi connectivity index (χ3n) is 2.41. The minimum atomic E-state index is 0.725. The van der Waals surface area contributed by atoms with E-state index >= 15 is 0 Å². The van der Waals surface area contributed by atoms with Crippen LogP contribution in [0.1, 0.15) is 5.56 Å². The van der Waals surface area contributed by atoms with Gasteiger partial charge in [0.2, 0.25) is 0 Å². The van der Waals surface area contributed by atoms with Crippen molar-refractivity contribution >= 4 is 38.9 Å². The summed E-state index contributed by atoms with van der Waals surface area (Å²) in [6.45, 7) is 0.725. The molecule has 0 aliphatic rings. The van der Waals surface area contributed by atoms with E-state index in [9.17, 15) is 0 Å². The lowest BCUT2D eigenvalue weighted by molar-refractivity contribution is 1.15. The molecule has 2 rings (SSSR count). The van der Waals surface area contributed by atoms with Crippen molar-refractivity contribution in [3.8, 4) is 0 Å². The second-order valence-corrected chi connectivity index (χ2v) is 5.06. The van der Waals surface area contributed by atoms with Crippen LogP contribution in [0.2, 0.25) is 5.02 Å². The molecule has 0 aromatic heterocycles. The van der Waals surface area contributed by atoms with Gasteiger partial charge in [0.25, 0.3) is 0 Å². The van der Waals surface area contributed by atoms with Crippen molar-refractivity contribution in [2.24, 2.45) is 0 Å². The van der Waals surface area contributed by atoms with E-state index in [2.05, 4.69) is 21.2 Å². The highest BCUT2D eigenvalue weighted by Crippen LogP contribution is 2.23. The number of nitrogens with one attached hydrogen (secondary N) is 1. The molecule has 0 radical (unpaired) electrons. The Morgan fingerprint density at radius 1 is 1.12 bits per heavy atom. The monoisotopic (exact) mass is 310 g/mol. The average molecular weight is 312 g/mol. The Morgan fingerprint density at radius 3 is 2.47 bits per heavy atom. The van der Waals surface area contributed by atoms with Crippen LogP contribution >= 0.6 is 27.5 Å². The number of nitrogen functional groups attached to an aromatic ring is 1. The molecule has 2 aromatic rings. The van der Waals surface area contributed by atoms with Gasteiger partial charge in [-0.25, -0.2) is 0 Å². The van der Waals surface area contributed by atoms with E-state index in [-0.39, 0.29) is 0 Å². The Morgan fingerprint density at radius 2 is 1.82 bits per heavy atom. The smallest absolute Gasteiger partial charge is 0.0577 e. The molecule has 3 N–H and O–H groups in total. The molecule has 0 aliphatic heterocycles. The van der Waals surface area contributed by atoms with Gasteiger partial charge >= 0.3 is 0 Å². The third-order valence-corrected chi connectivity index (χ3v) is 3.16. The van der Waals surface area contributed by atoms with Crippen molar-refractivity contribution in [1.82, 2.24) is 0 Å². The number of hydrogen-bond donors (Lipinski definition) is 2. The largest absolute Gasteiger partial charge is 0.397 e. The predicted octanol–water partition coefficient (Wildman–Crippen LogP) is 4.30. The standard InChI is InChI=1S/C13H12BrClN2/c14-10-3-6-13(12(16)7-10)17-8-9-1-4-11(15)5-2-9/h1-7,17H,8,16H2. The van der Waals surface area contributed by atoms with E-state index in [0.717, 1.165) is 33.0 Å². The molecule has 0 spiro atoms. The fourth-order valence-electron chi connectivity index (χ4n) is 1.49. The number of halogens is 2. The first-order valence-electron chi connectivity index (χ1n) is 5.18. The highest BCUT2D eigenvalue weighted by molar-refractivity contribution is 9.10. The number of rotatable bonds is 3. The molecule has 0 saturated carbocycles. The molecule has 88 valence electrons. The van der Waals surface area contributed by atoms with Crippen LogP contribution in [-0.4, -0.2) is 0 Å². The summed E-state index contributed by atoms with van der Waals surface area (Å²) >= 11 is 9.20. The van der Waals surface area contributed by atoms with E-state index in [1.165, 1.54) is 0 Å². The van der Waals surface area contributed by atoms with Crippen molar-refractivity contribution < 1.29 is 0 Å². The number of benzene rings is 2. The van der Waals surface area contributed by atoms with Gasteiger partial charge in [0.1, 0.15) is 0 Å². The van der Waals surface area contributed by atoms with Gasteiger partial charge in [0.15, 0.2) is 0 Å². The van der Waals surface area contributed by atoms with E-state index in [1.54, 1.807) is 0 Å². The fourth-order valence-corrected chi connectivity index (χ4v) is 2.00. The molecule has 0 aliphatic carbocycles. The summed E-state index contributed by atoms with van der Waals surface area (Å²) in [5, 5.41) is 4.03. The minimum absolute atomic E-state index is 0.725. The van der Waals surface area contributed by atoms with Crippen LogP contribution in [0.4, 0.5) is 11.4 Å². The summed E-state index contributed by atoms with van der Waals surface area (Å²) in [6, 6.07) is 13.5. The number of anilines is 2. The quantitative estimate of drug-likeness (QED) is 0.830. The number of hydrogen-bond acceptors (Lipinski definition) is 2. The molecule has 0 atom stereocenters. The van der Waals surface area contributed by atoms with Gasteiger partial charge in [-0.15, -0.1) is 0 Å². The Bertz CT molecular complexity index is 511. The van der Waals surface area contributed by atoms with Crippen LogP contribution < -0.4 is 11.1 Å². The van der Waals surface area contributed by atoms with E-state index < -0.39 is 0 Å². The lowest BCUT2D eigenvalue weighted by Gasteiger charge is -2.09. The molecule has 0 amide bonds. The maximum atomic E-state index is 5.90. The zero-order valence-corrected chi connectivity index (χ0v) is 11.4. The summed E-state index contributed by atoms with van der Waals surface area (Å²) in [7, 11) is 0. The van der Waals surface area contributed by atoms with E-state index in [4.69, 9.17) is 17.3 Å². The van der Waals surface area contributed by atoms with Gasteiger partial charge in [0, 0.05) is 16.0 Å². The first-order valence-corrected chi connectivity index (χ1v) is 6.35. The van der Waals surface area contributed by atoms with Crippen molar-refractivity contribution in [1.29, 1.82) is 0 Å². The summed E-state index contributed by atoms with van der Waals surface area (Å²) in [5.41, 5.74) is 8.72. The van der Waals surface area contributed by atoms with Crippen LogP contribution in [0.25, 0.3) is 0 Å². The molecular weight excluding hydrogens is 300 g/mol. The normalized spacial score (nSPS) is 10.2. The molecule has 17 heavy (non-hydrogen) atoms. The van der Waals surface area contributed by atoms with Crippen molar-refractivity contribution in [3.05, 3.63) is 57.5 Å². The highest BCUT2D eigenvalue weighted by atomic mass is 79.9. The molecule has 0 saturated heterocycles. The third kappa shape index (κ3) is 3.38. The van der Waals surface area contributed by atoms with Gasteiger partial charge < -0.3 is 11.1 Å². The Hall–Kier alpha value is -1.19. The first kappa shape index (κ1) is 12.3. The van der Waals surface area contributed by atoms with Gasteiger partial charge in [-0.1, -0.05) is 39.7 Å². The molecule has 0 bridgehead atoms. The Labute approximate surface area is 114 Å². The highest BCUT2D eigenvalue weighted by Gasteiger charge is 1.99. The van der Waals surface area contributed by atoms with Gasteiger partial charge in [-0.2, -0.15) is 0 Å². The molecule has 0 fully saturated rings. The molecule has 0 heterocycles. The fraction of sp³-hybridized carbons (Fsp3) is 0.0769. The average Bonchev–Trinajstić information content (AvgIpc) is 2.30. The van der Waals surface area contributed by atoms with Crippen LogP contribution in [0.3, 0.4) is 0 Å². The second-order valence-electron chi connectivity index (χ2n) is 3.71. The molecule has 2 aromatic carbocycles. The van der Waals surface area contributed by atoms with Crippen LogP contribution in [0.15, 0.2) is 46.9 Å². The van der Waals surface area contributed by atoms with E-state index in [0.29, 0.717) is 0 Å². The molecule has 4 heteroatoms. The van der Waals surface area contributed by atoms with Gasteiger partial charge in [-0.05, 0) is 35.9 Å². The van der Waals surface area contributed by atoms with Crippen LogP contribution in [-0.2, 0) is 6.54 Å². The second kappa shape index (κ2) is 5.43. The SMILES string of the molecule is Nc1cc(Br)ccc1NCc1ccc(Cl)cc1. The first-order chi connectivity index (χ1) is 8.15. The zero-order chi connectivity index (χ0) is 12.3. The lowest BCUT2D eigenvalue weighted by Crippen LogP contribution is -2.02. The molecule has 0 unspecified atom stereocenters. The maximum Gasteiger partial charge on any atom is 0.0577 e. The van der Waals surface area contributed by atoms with E-state index in [1.807, 2.05) is 42.5 Å². The zero-order valence-electron chi connectivity index (χ0n) is 9.08. The minimum Gasteiger partial charge on any atom is -0.397 e. The Balaban J connectivity index is 2.04. The summed E-state index contributed by atoms with van der Waals surface area (Å²) in [6.07, 6.45) is 0. The predicted molar refractivity (Wildman–Crippen MR) is 77.3 cm³/mol. The van der Waals surface area contributed by atoms with Crippen LogP contribution in [0, 0.1) is 0 Å². The van der Waals surface area contributed by atoms with Crippen molar-refractivity contribution in [2.75, 3.05) is 11.1 Å². The maximum absolute atomic E-state index is 5.90. The summed E-state index contributed by atoms with van der Waals surface area (Å²) in [4.78, 5) is 0. The van der Waals surface area contributed by atoms with Crippen molar-refractivity contribution in [2.45, 2.75) is 6.54 Å². The molecular formula is C13H12BrClN2. The summed E-state index contributed by atoms with van der Waals surface area (Å²) < 4.78 is 0.979. The van der Waals surface area contributed by atoms with Crippen molar-refractivity contribution in [3.63, 3.8) is 0 Å². The van der Waals surface area contributed by atoms with Gasteiger partial charge in [0.05, 0.1) is 11.4 Å². The Kier molecular flexibility index (Phi) is 3.92. The molecule has 2 nitrogen and oxygen atoms in total. The summed E-state index contributed by atoms with van der Waals surface area (Å²) in [5.74, 6) is 0. The van der Waals surface area contributed by atoms with Crippen LogP contribution in [0.5, 0.6) is 0 Å². The topological polar surface area (TPSA) is 38.0 Å².